The molecule has 0 saturated heterocycles. The Morgan fingerprint density at radius 1 is 1.42 bits per heavy atom. The number of nitrogens with zero attached hydrogens (tertiary/aromatic N) is 1. The van der Waals surface area contributed by atoms with E-state index in [1.54, 1.807) is 23.6 Å². The van der Waals surface area contributed by atoms with Gasteiger partial charge < -0.3 is 10.6 Å². The molecule has 2 aromatic heterocycles. The zero-order valence-electron chi connectivity index (χ0n) is 10.8. The summed E-state index contributed by atoms with van der Waals surface area (Å²) in [5, 5.41) is 8.09. The highest BCUT2D eigenvalue weighted by atomic mass is 32.1. The van der Waals surface area contributed by atoms with Crippen LogP contribution >= 0.6 is 11.3 Å². The van der Waals surface area contributed by atoms with Crippen molar-refractivity contribution in [3.05, 3.63) is 46.4 Å². The normalized spacial score (nSPS) is 10.2. The molecule has 2 heterocycles. The maximum absolute atomic E-state index is 11.9. The molecule has 19 heavy (non-hydrogen) atoms. The van der Waals surface area contributed by atoms with Gasteiger partial charge in [-0.2, -0.15) is 0 Å². The van der Waals surface area contributed by atoms with Gasteiger partial charge in [0.15, 0.2) is 0 Å². The molecule has 1 amide bonds. The topological polar surface area (TPSA) is 54.0 Å². The summed E-state index contributed by atoms with van der Waals surface area (Å²) < 4.78 is 0. The number of rotatable bonds is 6. The number of hydrogen-bond acceptors (Lipinski definition) is 4. The van der Waals surface area contributed by atoms with Crippen molar-refractivity contribution in [2.75, 3.05) is 18.4 Å². The minimum Gasteiger partial charge on any atom is -0.385 e. The summed E-state index contributed by atoms with van der Waals surface area (Å²) in [6.07, 6.45) is 2.50. The van der Waals surface area contributed by atoms with Crippen molar-refractivity contribution >= 4 is 22.9 Å². The van der Waals surface area contributed by atoms with E-state index in [0.29, 0.717) is 12.2 Å². The minimum atomic E-state index is -0.128. The van der Waals surface area contributed by atoms with E-state index in [4.69, 9.17) is 0 Å². The molecule has 0 unspecified atom stereocenters. The Bertz CT molecular complexity index is 525. The van der Waals surface area contributed by atoms with Crippen LogP contribution in [0.3, 0.4) is 0 Å². The van der Waals surface area contributed by atoms with Gasteiger partial charge in [0.1, 0.15) is 5.69 Å². The number of thiophene rings is 1. The Labute approximate surface area is 116 Å². The van der Waals surface area contributed by atoms with Crippen LogP contribution in [0.1, 0.15) is 22.3 Å². The summed E-state index contributed by atoms with van der Waals surface area (Å²) in [6.45, 7) is 3.47. The smallest absolute Gasteiger partial charge is 0.269 e. The molecular formula is C14H17N3OS. The fraction of sp³-hybridized carbons (Fsp3) is 0.286. The van der Waals surface area contributed by atoms with Gasteiger partial charge in [0, 0.05) is 29.9 Å². The van der Waals surface area contributed by atoms with Crippen LogP contribution in [0.4, 0.5) is 5.69 Å². The van der Waals surface area contributed by atoms with Crippen molar-refractivity contribution in [1.82, 2.24) is 10.3 Å². The van der Waals surface area contributed by atoms with Crippen molar-refractivity contribution in [2.24, 2.45) is 0 Å². The number of anilines is 1. The number of aromatic nitrogens is 1. The lowest BCUT2D eigenvalue weighted by Crippen LogP contribution is -2.26. The molecule has 0 radical (unpaired) electrons. The average Bonchev–Trinajstić information content (AvgIpc) is 2.92. The van der Waals surface area contributed by atoms with Crippen molar-refractivity contribution < 1.29 is 4.79 Å². The number of carbonyl (C=O) groups is 1. The van der Waals surface area contributed by atoms with Crippen LogP contribution in [-0.2, 0) is 6.42 Å². The molecule has 2 aromatic rings. The van der Waals surface area contributed by atoms with Crippen LogP contribution in [0.5, 0.6) is 0 Å². The van der Waals surface area contributed by atoms with Gasteiger partial charge in [0.25, 0.3) is 5.91 Å². The first-order chi connectivity index (χ1) is 9.29. The molecule has 0 spiro atoms. The highest BCUT2D eigenvalue weighted by Crippen LogP contribution is 2.09. The van der Waals surface area contributed by atoms with E-state index < -0.39 is 0 Å². The Balaban J connectivity index is 1.87. The molecule has 0 fully saturated rings. The number of pyridine rings is 1. The predicted octanol–water partition coefficient (Wildman–Crippen LogP) is 2.55. The highest BCUT2D eigenvalue weighted by Gasteiger charge is 2.07. The fourth-order valence-corrected chi connectivity index (χ4v) is 2.42. The number of amides is 1. The quantitative estimate of drug-likeness (QED) is 0.852. The maximum atomic E-state index is 11.9. The summed E-state index contributed by atoms with van der Waals surface area (Å²) in [4.78, 5) is 17.3. The molecular weight excluding hydrogens is 258 g/mol. The van der Waals surface area contributed by atoms with Gasteiger partial charge in [-0.1, -0.05) is 6.07 Å². The van der Waals surface area contributed by atoms with E-state index in [0.717, 1.165) is 18.7 Å². The molecule has 0 saturated carbocycles. The fourth-order valence-electron chi connectivity index (χ4n) is 1.71. The van der Waals surface area contributed by atoms with Crippen molar-refractivity contribution in [2.45, 2.75) is 13.3 Å². The van der Waals surface area contributed by atoms with E-state index in [1.165, 1.54) is 4.88 Å². The SMILES string of the molecule is CCNc1ccnc(C(=O)NCCc2cccs2)c1. The molecule has 2 rings (SSSR count). The second-order valence-electron chi connectivity index (χ2n) is 4.05. The largest absolute Gasteiger partial charge is 0.385 e. The Morgan fingerprint density at radius 3 is 3.05 bits per heavy atom. The average molecular weight is 275 g/mol. The summed E-state index contributed by atoms with van der Waals surface area (Å²) >= 11 is 1.70. The summed E-state index contributed by atoms with van der Waals surface area (Å²) in [5.74, 6) is -0.128. The minimum absolute atomic E-state index is 0.128. The molecule has 0 aliphatic rings. The predicted molar refractivity (Wildman–Crippen MR) is 78.8 cm³/mol. The molecule has 0 aliphatic heterocycles. The first-order valence-electron chi connectivity index (χ1n) is 6.30. The molecule has 0 atom stereocenters. The molecule has 4 nitrogen and oxygen atoms in total. The molecule has 0 bridgehead atoms. The van der Waals surface area contributed by atoms with Gasteiger partial charge in [-0.15, -0.1) is 11.3 Å². The molecule has 100 valence electrons. The van der Waals surface area contributed by atoms with E-state index >= 15 is 0 Å². The Kier molecular flexibility index (Phi) is 4.92. The Morgan fingerprint density at radius 2 is 2.32 bits per heavy atom. The van der Waals surface area contributed by atoms with Crippen molar-refractivity contribution in [3.63, 3.8) is 0 Å². The monoisotopic (exact) mass is 275 g/mol. The lowest BCUT2D eigenvalue weighted by atomic mass is 10.3. The summed E-state index contributed by atoms with van der Waals surface area (Å²) in [7, 11) is 0. The summed E-state index contributed by atoms with van der Waals surface area (Å²) in [6, 6.07) is 7.71. The number of nitrogens with one attached hydrogen (secondary N) is 2. The van der Waals surface area contributed by atoms with Crippen LogP contribution in [0, 0.1) is 0 Å². The van der Waals surface area contributed by atoms with Crippen LogP contribution < -0.4 is 10.6 Å². The molecule has 0 aliphatic carbocycles. The second kappa shape index (κ2) is 6.89. The van der Waals surface area contributed by atoms with E-state index in [2.05, 4.69) is 21.7 Å². The third-order valence-electron chi connectivity index (χ3n) is 2.61. The lowest BCUT2D eigenvalue weighted by molar-refractivity contribution is 0.0949. The second-order valence-corrected chi connectivity index (χ2v) is 5.08. The van der Waals surface area contributed by atoms with Gasteiger partial charge >= 0.3 is 0 Å². The van der Waals surface area contributed by atoms with Gasteiger partial charge in [0.05, 0.1) is 0 Å². The maximum Gasteiger partial charge on any atom is 0.269 e. The van der Waals surface area contributed by atoms with Gasteiger partial charge in [-0.3, -0.25) is 9.78 Å². The van der Waals surface area contributed by atoms with Crippen molar-refractivity contribution in [3.8, 4) is 0 Å². The molecule has 2 N–H and O–H groups in total. The van der Waals surface area contributed by atoms with Crippen LogP contribution in [0.15, 0.2) is 35.8 Å². The van der Waals surface area contributed by atoms with E-state index in [1.807, 2.05) is 24.4 Å². The molecule has 0 aromatic carbocycles. The first-order valence-corrected chi connectivity index (χ1v) is 7.18. The first kappa shape index (κ1) is 13.5. The van der Waals surface area contributed by atoms with Crippen molar-refractivity contribution in [1.29, 1.82) is 0 Å². The highest BCUT2D eigenvalue weighted by molar-refractivity contribution is 7.09. The third kappa shape index (κ3) is 4.06. The zero-order valence-corrected chi connectivity index (χ0v) is 11.7. The number of hydrogen-bond donors (Lipinski definition) is 2. The van der Waals surface area contributed by atoms with E-state index in [9.17, 15) is 4.79 Å². The standard InChI is InChI=1S/C14H17N3OS/c1-2-15-11-5-7-16-13(10-11)14(18)17-8-6-12-4-3-9-19-12/h3-5,7,9-10H,2,6,8H2,1H3,(H,15,16)(H,17,18). The van der Waals surface area contributed by atoms with Gasteiger partial charge in [-0.25, -0.2) is 0 Å². The zero-order chi connectivity index (χ0) is 13.5. The van der Waals surface area contributed by atoms with Crippen LogP contribution in [-0.4, -0.2) is 24.0 Å². The lowest BCUT2D eigenvalue weighted by Gasteiger charge is -2.06. The van der Waals surface area contributed by atoms with Gasteiger partial charge in [-0.05, 0) is 36.9 Å². The van der Waals surface area contributed by atoms with E-state index in [-0.39, 0.29) is 5.91 Å². The van der Waals surface area contributed by atoms with Gasteiger partial charge in [0.2, 0.25) is 0 Å². The van der Waals surface area contributed by atoms with Crippen LogP contribution in [0.25, 0.3) is 0 Å². The molecule has 5 heteroatoms. The van der Waals surface area contributed by atoms with Crippen LogP contribution in [0.2, 0.25) is 0 Å². The Hall–Kier alpha value is -1.88. The third-order valence-corrected chi connectivity index (χ3v) is 3.55. The summed E-state index contributed by atoms with van der Waals surface area (Å²) in [5.41, 5.74) is 1.37. The number of carbonyl (C=O) groups excluding carboxylic acids is 1.